The van der Waals surface area contributed by atoms with Crippen molar-refractivity contribution in [1.82, 2.24) is 4.31 Å². The van der Waals surface area contributed by atoms with Gasteiger partial charge >= 0.3 is 0 Å². The van der Waals surface area contributed by atoms with E-state index in [1.54, 1.807) is 24.3 Å². The SMILES string of the molecule is CC1(C)CN(S(=O)(=O)c2ccc(OCC(F)F)c3ccccc23)CCC1N. The van der Waals surface area contributed by atoms with E-state index in [-0.39, 0.29) is 22.1 Å². The van der Waals surface area contributed by atoms with Crippen LogP contribution >= 0.6 is 0 Å². The van der Waals surface area contributed by atoms with Gasteiger partial charge in [0.1, 0.15) is 12.4 Å². The Hall–Kier alpha value is -1.77. The zero-order chi connectivity index (χ0) is 19.8. The molecule has 0 bridgehead atoms. The normalized spacial score (nSPS) is 20.9. The van der Waals surface area contributed by atoms with Crippen LogP contribution in [0, 0.1) is 5.41 Å². The van der Waals surface area contributed by atoms with Gasteiger partial charge in [0.05, 0.1) is 4.90 Å². The highest BCUT2D eigenvalue weighted by molar-refractivity contribution is 7.89. The van der Waals surface area contributed by atoms with Gasteiger partial charge in [0.2, 0.25) is 10.0 Å². The third-order valence-corrected chi connectivity index (χ3v) is 7.01. The summed E-state index contributed by atoms with van der Waals surface area (Å²) in [6, 6.07) is 9.58. The van der Waals surface area contributed by atoms with E-state index in [0.29, 0.717) is 30.3 Å². The Morgan fingerprint density at radius 3 is 2.52 bits per heavy atom. The molecule has 1 unspecified atom stereocenters. The molecule has 0 amide bonds. The number of benzene rings is 2. The first-order chi connectivity index (χ1) is 12.6. The number of nitrogens with two attached hydrogens (primary N) is 1. The number of sulfonamides is 1. The minimum absolute atomic E-state index is 0.0641. The van der Waals surface area contributed by atoms with Crippen LogP contribution in [0.3, 0.4) is 0 Å². The number of fused-ring (bicyclic) bond motifs is 1. The van der Waals surface area contributed by atoms with Crippen LogP contribution in [0.4, 0.5) is 8.78 Å². The Balaban J connectivity index is 2.03. The maximum Gasteiger partial charge on any atom is 0.272 e. The van der Waals surface area contributed by atoms with Gasteiger partial charge in [0.15, 0.2) is 0 Å². The predicted molar refractivity (Wildman–Crippen MR) is 101 cm³/mol. The van der Waals surface area contributed by atoms with Gasteiger partial charge in [-0.3, -0.25) is 0 Å². The fourth-order valence-corrected chi connectivity index (χ4v) is 5.24. The standard InChI is InChI=1S/C19H24F2N2O3S/c1-19(2)12-23(10-9-17(19)22)27(24,25)16-8-7-15(26-11-18(20)21)13-5-3-4-6-14(13)16/h3-8,17-18H,9-12,22H2,1-2H3. The van der Waals surface area contributed by atoms with E-state index in [1.807, 2.05) is 13.8 Å². The van der Waals surface area contributed by atoms with Crippen molar-refractivity contribution < 1.29 is 21.9 Å². The van der Waals surface area contributed by atoms with Crippen molar-refractivity contribution in [2.24, 2.45) is 11.1 Å². The van der Waals surface area contributed by atoms with Crippen molar-refractivity contribution in [3.05, 3.63) is 36.4 Å². The molecule has 0 aliphatic carbocycles. The average molecular weight is 398 g/mol. The molecule has 0 spiro atoms. The highest BCUT2D eigenvalue weighted by Crippen LogP contribution is 2.36. The minimum atomic E-state index is -3.76. The third-order valence-electron chi connectivity index (χ3n) is 5.10. The molecule has 0 radical (unpaired) electrons. The summed E-state index contributed by atoms with van der Waals surface area (Å²) in [5, 5.41) is 0.948. The van der Waals surface area contributed by atoms with Gasteiger partial charge in [-0.25, -0.2) is 17.2 Å². The molecule has 0 aromatic heterocycles. The van der Waals surface area contributed by atoms with Gasteiger partial charge < -0.3 is 10.5 Å². The summed E-state index contributed by atoms with van der Waals surface area (Å²) in [4.78, 5) is 0.147. The van der Waals surface area contributed by atoms with Gasteiger partial charge in [0, 0.05) is 29.9 Å². The maximum atomic E-state index is 13.3. The van der Waals surface area contributed by atoms with Crippen LogP contribution in [0.15, 0.2) is 41.3 Å². The Kier molecular flexibility index (Phi) is 5.42. The Morgan fingerprint density at radius 1 is 1.22 bits per heavy atom. The van der Waals surface area contributed by atoms with Crippen molar-refractivity contribution >= 4 is 20.8 Å². The molecule has 5 nitrogen and oxygen atoms in total. The summed E-state index contributed by atoms with van der Waals surface area (Å²) in [6.45, 7) is 3.85. The molecule has 2 aromatic carbocycles. The summed E-state index contributed by atoms with van der Waals surface area (Å²) < 4.78 is 58.2. The lowest BCUT2D eigenvalue weighted by atomic mass is 9.81. The molecule has 27 heavy (non-hydrogen) atoms. The molecule has 3 rings (SSSR count). The Bertz CT molecular complexity index is 932. The largest absolute Gasteiger partial charge is 0.487 e. The van der Waals surface area contributed by atoms with Crippen LogP contribution < -0.4 is 10.5 Å². The van der Waals surface area contributed by atoms with E-state index in [1.165, 1.54) is 16.4 Å². The molecule has 1 aliphatic heterocycles. The minimum Gasteiger partial charge on any atom is -0.487 e. The quantitative estimate of drug-likeness (QED) is 0.839. The number of hydrogen-bond donors (Lipinski definition) is 1. The lowest BCUT2D eigenvalue weighted by molar-refractivity contribution is 0.0826. The molecule has 0 saturated carbocycles. The number of rotatable bonds is 5. The second-order valence-corrected chi connectivity index (χ2v) is 9.44. The summed E-state index contributed by atoms with van der Waals surface area (Å²) in [6.07, 6.45) is -2.02. The van der Waals surface area contributed by atoms with Gasteiger partial charge in [0.25, 0.3) is 6.43 Å². The van der Waals surface area contributed by atoms with E-state index in [0.717, 1.165) is 0 Å². The molecule has 2 aromatic rings. The monoisotopic (exact) mass is 398 g/mol. The smallest absolute Gasteiger partial charge is 0.272 e. The van der Waals surface area contributed by atoms with Gasteiger partial charge in [-0.1, -0.05) is 38.1 Å². The number of piperidine rings is 1. The van der Waals surface area contributed by atoms with Crippen LogP contribution in [0.25, 0.3) is 10.8 Å². The highest BCUT2D eigenvalue weighted by atomic mass is 32.2. The Labute approximate surface area is 158 Å². The fourth-order valence-electron chi connectivity index (χ4n) is 3.42. The number of ether oxygens (including phenoxy) is 1. The van der Waals surface area contributed by atoms with E-state index < -0.39 is 23.1 Å². The molecule has 1 aliphatic rings. The number of alkyl halides is 2. The summed E-state index contributed by atoms with van der Waals surface area (Å²) in [7, 11) is -3.76. The van der Waals surface area contributed by atoms with Crippen molar-refractivity contribution in [3.8, 4) is 5.75 Å². The first-order valence-corrected chi connectivity index (χ1v) is 10.3. The van der Waals surface area contributed by atoms with Crippen molar-refractivity contribution in [3.63, 3.8) is 0 Å². The fraction of sp³-hybridized carbons (Fsp3) is 0.474. The summed E-state index contributed by atoms with van der Waals surface area (Å²) in [5.41, 5.74) is 5.79. The van der Waals surface area contributed by atoms with Crippen molar-refractivity contribution in [2.45, 2.75) is 37.6 Å². The average Bonchev–Trinajstić information content (AvgIpc) is 2.61. The topological polar surface area (TPSA) is 72.6 Å². The van der Waals surface area contributed by atoms with Crippen LogP contribution in [-0.2, 0) is 10.0 Å². The lowest BCUT2D eigenvalue weighted by Crippen LogP contribution is -2.53. The van der Waals surface area contributed by atoms with E-state index in [4.69, 9.17) is 10.5 Å². The van der Waals surface area contributed by atoms with Crippen LogP contribution in [0.1, 0.15) is 20.3 Å². The lowest BCUT2D eigenvalue weighted by Gasteiger charge is -2.41. The molecular formula is C19H24F2N2O3S. The number of nitrogens with zero attached hydrogens (tertiary/aromatic N) is 1. The van der Waals surface area contributed by atoms with E-state index >= 15 is 0 Å². The second kappa shape index (κ2) is 7.33. The van der Waals surface area contributed by atoms with Crippen LogP contribution in [-0.4, -0.2) is 44.9 Å². The molecule has 1 atom stereocenters. The van der Waals surface area contributed by atoms with Crippen molar-refractivity contribution in [1.29, 1.82) is 0 Å². The summed E-state index contributed by atoms with van der Waals surface area (Å²) >= 11 is 0. The van der Waals surface area contributed by atoms with E-state index in [9.17, 15) is 17.2 Å². The molecule has 148 valence electrons. The second-order valence-electron chi connectivity index (χ2n) is 7.53. The Morgan fingerprint density at radius 2 is 1.89 bits per heavy atom. The first kappa shape index (κ1) is 20.0. The van der Waals surface area contributed by atoms with Crippen molar-refractivity contribution in [2.75, 3.05) is 19.7 Å². The zero-order valence-corrected chi connectivity index (χ0v) is 16.2. The number of hydrogen-bond acceptors (Lipinski definition) is 4. The number of halogens is 2. The van der Waals surface area contributed by atoms with Crippen LogP contribution in [0.5, 0.6) is 5.75 Å². The molecular weight excluding hydrogens is 374 g/mol. The summed E-state index contributed by atoms with van der Waals surface area (Å²) in [5.74, 6) is 0.242. The van der Waals surface area contributed by atoms with Gasteiger partial charge in [-0.15, -0.1) is 0 Å². The maximum absolute atomic E-state index is 13.3. The van der Waals surface area contributed by atoms with Crippen LogP contribution in [0.2, 0.25) is 0 Å². The molecule has 1 saturated heterocycles. The van der Waals surface area contributed by atoms with Gasteiger partial charge in [-0.05, 0) is 24.0 Å². The van der Waals surface area contributed by atoms with E-state index in [2.05, 4.69) is 0 Å². The molecule has 2 N–H and O–H groups in total. The van der Waals surface area contributed by atoms with Gasteiger partial charge in [-0.2, -0.15) is 4.31 Å². The zero-order valence-electron chi connectivity index (χ0n) is 15.4. The highest BCUT2D eigenvalue weighted by Gasteiger charge is 2.39. The first-order valence-electron chi connectivity index (χ1n) is 8.81. The third kappa shape index (κ3) is 3.93. The molecule has 1 heterocycles. The predicted octanol–water partition coefficient (Wildman–Crippen LogP) is 3.23. The molecule has 8 heteroatoms. The molecule has 1 fully saturated rings.